The molecule has 41 heavy (non-hydrogen) atoms. The van der Waals surface area contributed by atoms with E-state index in [0.717, 1.165) is 35.4 Å². The van der Waals surface area contributed by atoms with Crippen LogP contribution in [0.1, 0.15) is 60.6 Å². The van der Waals surface area contributed by atoms with Gasteiger partial charge in [0.25, 0.3) is 0 Å². The first kappa shape index (κ1) is 26.7. The molecule has 0 N–H and O–H groups in total. The molecule has 0 amide bonds. The Morgan fingerprint density at radius 1 is 0.805 bits per heavy atom. The predicted molar refractivity (Wildman–Crippen MR) is 175 cm³/mol. The van der Waals surface area contributed by atoms with Gasteiger partial charge in [-0.15, -0.1) is 0 Å². The predicted octanol–water partition coefficient (Wildman–Crippen LogP) is 10.0. The first-order chi connectivity index (χ1) is 20.0. The third-order valence-electron chi connectivity index (χ3n) is 8.70. The van der Waals surface area contributed by atoms with Crippen molar-refractivity contribution < 1.29 is 0 Å². The van der Waals surface area contributed by atoms with Gasteiger partial charge in [-0.1, -0.05) is 146 Å². The van der Waals surface area contributed by atoms with Crippen molar-refractivity contribution in [2.24, 2.45) is 10.9 Å². The fourth-order valence-corrected chi connectivity index (χ4v) is 6.64. The Hall–Kier alpha value is -4.49. The van der Waals surface area contributed by atoms with Gasteiger partial charge < -0.3 is 0 Å². The molecule has 4 aromatic rings. The van der Waals surface area contributed by atoms with Crippen LogP contribution in [-0.4, -0.2) is 5.71 Å². The smallest absolute Gasteiger partial charge is 0.0719 e. The SMILES string of the molecule is C=C(C)c1ccc(CC2=C(N=C(C)c3ccccc3)c3ccccc3C2(C2=CC=CCC2C)c2ccccc2)cc1. The number of benzene rings is 4. The van der Waals surface area contributed by atoms with Crippen molar-refractivity contribution in [2.75, 3.05) is 0 Å². The maximum absolute atomic E-state index is 5.49. The van der Waals surface area contributed by atoms with E-state index < -0.39 is 5.41 Å². The normalized spacial score (nSPS) is 20.1. The lowest BCUT2D eigenvalue weighted by atomic mass is 9.61. The van der Waals surface area contributed by atoms with Gasteiger partial charge in [-0.05, 0) is 71.6 Å². The molecular formula is C40H37N. The third-order valence-corrected chi connectivity index (χ3v) is 8.70. The molecule has 0 spiro atoms. The van der Waals surface area contributed by atoms with Crippen LogP contribution in [0.25, 0.3) is 11.3 Å². The molecule has 2 atom stereocenters. The van der Waals surface area contributed by atoms with E-state index in [4.69, 9.17) is 4.99 Å². The van der Waals surface area contributed by atoms with Crippen molar-refractivity contribution >= 4 is 17.0 Å². The molecule has 1 nitrogen and oxygen atoms in total. The molecule has 0 radical (unpaired) electrons. The van der Waals surface area contributed by atoms with Crippen LogP contribution in [0.2, 0.25) is 0 Å². The third kappa shape index (κ3) is 4.76. The highest BCUT2D eigenvalue weighted by Crippen LogP contribution is 2.58. The highest BCUT2D eigenvalue weighted by molar-refractivity contribution is 6.03. The minimum atomic E-state index is -0.412. The monoisotopic (exact) mass is 531 g/mol. The van der Waals surface area contributed by atoms with Gasteiger partial charge in [-0.2, -0.15) is 0 Å². The Bertz CT molecular complexity index is 1700. The zero-order valence-corrected chi connectivity index (χ0v) is 24.3. The average Bonchev–Trinajstić information content (AvgIpc) is 3.28. The van der Waals surface area contributed by atoms with Crippen LogP contribution >= 0.6 is 0 Å². The number of rotatable bonds is 7. The number of aliphatic imine (C=N–C) groups is 1. The van der Waals surface area contributed by atoms with Gasteiger partial charge >= 0.3 is 0 Å². The van der Waals surface area contributed by atoms with Gasteiger partial charge in [0.2, 0.25) is 0 Å². The molecule has 0 saturated carbocycles. The molecule has 0 heterocycles. The summed E-state index contributed by atoms with van der Waals surface area (Å²) in [6, 6.07) is 39.5. The van der Waals surface area contributed by atoms with Crippen molar-refractivity contribution in [3.63, 3.8) is 0 Å². The summed E-state index contributed by atoms with van der Waals surface area (Å²) in [5, 5.41) is 0. The molecule has 0 aromatic heterocycles. The molecule has 0 aliphatic heterocycles. The number of allylic oxidation sites excluding steroid dienone is 6. The van der Waals surface area contributed by atoms with Crippen LogP contribution in [0.4, 0.5) is 0 Å². The summed E-state index contributed by atoms with van der Waals surface area (Å²) < 4.78 is 0. The maximum Gasteiger partial charge on any atom is 0.0719 e. The molecule has 0 saturated heterocycles. The molecule has 1 heteroatoms. The Labute approximate surface area is 245 Å². The standard InChI is InChI=1S/C40H37N/c1-28(2)32-25-23-31(24-26-32)27-38-39(41-30(4)33-16-7-5-8-17-33)35-20-12-14-22-37(35)40(38,34-18-9-6-10-19-34)36-21-13-11-15-29(36)3/h5-14,16-26,29H,1,15,27H2,2-4H3. The summed E-state index contributed by atoms with van der Waals surface area (Å²) in [7, 11) is 0. The highest BCUT2D eigenvalue weighted by Gasteiger charge is 2.50. The minimum absolute atomic E-state index is 0.396. The molecule has 0 bridgehead atoms. The lowest BCUT2D eigenvalue weighted by molar-refractivity contribution is 0.560. The molecular weight excluding hydrogens is 494 g/mol. The lowest BCUT2D eigenvalue weighted by Crippen LogP contribution is -2.35. The van der Waals surface area contributed by atoms with E-state index in [1.54, 1.807) is 0 Å². The van der Waals surface area contributed by atoms with E-state index in [9.17, 15) is 0 Å². The summed E-state index contributed by atoms with van der Waals surface area (Å²) in [6.45, 7) is 10.7. The summed E-state index contributed by atoms with van der Waals surface area (Å²) in [4.78, 5) is 5.49. The van der Waals surface area contributed by atoms with E-state index in [1.165, 1.54) is 39.0 Å². The van der Waals surface area contributed by atoms with Crippen LogP contribution in [0.5, 0.6) is 0 Å². The van der Waals surface area contributed by atoms with Crippen molar-refractivity contribution in [1.82, 2.24) is 0 Å². The van der Waals surface area contributed by atoms with Gasteiger partial charge in [0.15, 0.2) is 0 Å². The Morgan fingerprint density at radius 3 is 2.15 bits per heavy atom. The molecule has 0 fully saturated rings. The first-order valence-electron chi connectivity index (χ1n) is 14.6. The fourth-order valence-electron chi connectivity index (χ4n) is 6.64. The van der Waals surface area contributed by atoms with E-state index in [1.807, 2.05) is 0 Å². The van der Waals surface area contributed by atoms with Crippen LogP contribution in [0.3, 0.4) is 0 Å². The minimum Gasteiger partial charge on any atom is -0.252 e. The molecule has 2 aliphatic carbocycles. The largest absolute Gasteiger partial charge is 0.252 e. The van der Waals surface area contributed by atoms with Gasteiger partial charge in [0, 0.05) is 11.3 Å². The summed E-state index contributed by atoms with van der Waals surface area (Å²) in [5.41, 5.74) is 13.0. The average molecular weight is 532 g/mol. The lowest BCUT2D eigenvalue weighted by Gasteiger charge is -2.41. The zero-order valence-electron chi connectivity index (χ0n) is 24.3. The van der Waals surface area contributed by atoms with Gasteiger partial charge in [0.05, 0.1) is 11.1 Å². The molecule has 4 aromatic carbocycles. The second-order valence-corrected chi connectivity index (χ2v) is 11.4. The molecule has 2 aliphatic rings. The second kappa shape index (κ2) is 11.2. The van der Waals surface area contributed by atoms with E-state index in [2.05, 4.69) is 155 Å². The Kier molecular flexibility index (Phi) is 7.28. The van der Waals surface area contributed by atoms with Crippen molar-refractivity contribution in [1.29, 1.82) is 0 Å². The van der Waals surface area contributed by atoms with Crippen molar-refractivity contribution in [3.05, 3.63) is 179 Å². The van der Waals surface area contributed by atoms with E-state index in [-0.39, 0.29) is 0 Å². The highest BCUT2D eigenvalue weighted by atomic mass is 14.8. The van der Waals surface area contributed by atoms with Gasteiger partial charge in [-0.25, -0.2) is 0 Å². The van der Waals surface area contributed by atoms with Crippen LogP contribution in [0, 0.1) is 5.92 Å². The van der Waals surface area contributed by atoms with Gasteiger partial charge in [-0.3, -0.25) is 4.99 Å². The van der Waals surface area contributed by atoms with Gasteiger partial charge in [0.1, 0.15) is 0 Å². The van der Waals surface area contributed by atoms with Crippen molar-refractivity contribution in [3.8, 4) is 0 Å². The summed E-state index contributed by atoms with van der Waals surface area (Å²) in [6.07, 6.45) is 8.75. The molecule has 202 valence electrons. The van der Waals surface area contributed by atoms with E-state index in [0.29, 0.717) is 5.92 Å². The van der Waals surface area contributed by atoms with Crippen LogP contribution < -0.4 is 0 Å². The molecule has 2 unspecified atom stereocenters. The van der Waals surface area contributed by atoms with Crippen LogP contribution in [-0.2, 0) is 11.8 Å². The summed E-state index contributed by atoms with van der Waals surface area (Å²) >= 11 is 0. The Balaban J connectivity index is 1.68. The maximum atomic E-state index is 5.49. The summed E-state index contributed by atoms with van der Waals surface area (Å²) in [5.74, 6) is 0.396. The Morgan fingerprint density at radius 2 is 1.46 bits per heavy atom. The van der Waals surface area contributed by atoms with E-state index >= 15 is 0 Å². The number of hydrogen-bond donors (Lipinski definition) is 0. The molecule has 6 rings (SSSR count). The number of hydrogen-bond acceptors (Lipinski definition) is 1. The zero-order chi connectivity index (χ0) is 28.4. The fraction of sp³-hybridized carbons (Fsp3) is 0.175. The first-order valence-corrected chi connectivity index (χ1v) is 14.6. The quantitative estimate of drug-likeness (QED) is 0.210. The van der Waals surface area contributed by atoms with Crippen molar-refractivity contribution in [2.45, 2.75) is 39.0 Å². The number of nitrogens with zero attached hydrogens (tertiary/aromatic N) is 1. The van der Waals surface area contributed by atoms with Crippen LogP contribution in [0.15, 0.2) is 150 Å². The second-order valence-electron chi connectivity index (χ2n) is 11.4. The topological polar surface area (TPSA) is 12.4 Å². The number of fused-ring (bicyclic) bond motifs is 1.